The van der Waals surface area contributed by atoms with Gasteiger partial charge in [0, 0.05) is 29.5 Å². The zero-order chi connectivity index (χ0) is 19.2. The Labute approximate surface area is 166 Å². The van der Waals surface area contributed by atoms with Crippen molar-refractivity contribution < 1.29 is 9.53 Å². The highest BCUT2D eigenvalue weighted by molar-refractivity contribution is 7.99. The van der Waals surface area contributed by atoms with E-state index in [-0.39, 0.29) is 11.7 Å². The first kappa shape index (κ1) is 19.2. The van der Waals surface area contributed by atoms with E-state index in [1.807, 2.05) is 23.6 Å². The van der Waals surface area contributed by atoms with E-state index >= 15 is 0 Å². The van der Waals surface area contributed by atoms with Gasteiger partial charge < -0.3 is 14.6 Å². The highest BCUT2D eigenvalue weighted by Gasteiger charge is 2.15. The fourth-order valence-corrected chi connectivity index (χ4v) is 3.46. The predicted octanol–water partition coefficient (Wildman–Crippen LogP) is 3.75. The summed E-state index contributed by atoms with van der Waals surface area (Å²) < 4.78 is 7.21. The second-order valence-corrected chi connectivity index (χ2v) is 6.85. The topological polar surface area (TPSA) is 81.9 Å². The zero-order valence-corrected chi connectivity index (χ0v) is 16.4. The van der Waals surface area contributed by atoms with Crippen molar-refractivity contribution in [3.8, 4) is 17.1 Å². The number of nitrogens with one attached hydrogen (secondary N) is 1. The molecule has 0 bridgehead atoms. The highest BCUT2D eigenvalue weighted by atomic mass is 35.5. The molecular weight excluding hydrogens is 386 g/mol. The number of nitrogens with zero attached hydrogens (tertiary/aromatic N) is 4. The molecule has 0 saturated carbocycles. The lowest BCUT2D eigenvalue weighted by atomic mass is 10.2. The molecule has 0 fully saturated rings. The van der Waals surface area contributed by atoms with Crippen molar-refractivity contribution in [2.24, 2.45) is 0 Å². The van der Waals surface area contributed by atoms with Gasteiger partial charge in [0.25, 0.3) is 0 Å². The summed E-state index contributed by atoms with van der Waals surface area (Å²) >= 11 is 7.31. The Balaban J connectivity index is 1.69. The van der Waals surface area contributed by atoms with E-state index in [0.717, 1.165) is 11.4 Å². The summed E-state index contributed by atoms with van der Waals surface area (Å²) in [7, 11) is 1.54. The van der Waals surface area contributed by atoms with Gasteiger partial charge in [0.1, 0.15) is 5.75 Å². The molecule has 2 heterocycles. The molecule has 0 aliphatic rings. The molecule has 0 atom stereocenters. The van der Waals surface area contributed by atoms with Crippen LogP contribution in [0.1, 0.15) is 6.92 Å². The molecule has 1 amide bonds. The number of amides is 1. The molecule has 27 heavy (non-hydrogen) atoms. The normalized spacial score (nSPS) is 10.6. The van der Waals surface area contributed by atoms with Crippen LogP contribution in [0.3, 0.4) is 0 Å². The number of carbonyl (C=O) groups is 1. The van der Waals surface area contributed by atoms with Gasteiger partial charge in [0.2, 0.25) is 5.91 Å². The van der Waals surface area contributed by atoms with Crippen molar-refractivity contribution in [2.75, 3.05) is 18.2 Å². The molecule has 9 heteroatoms. The summed E-state index contributed by atoms with van der Waals surface area (Å²) in [4.78, 5) is 16.4. The molecular formula is C18H18ClN5O2S. The Morgan fingerprint density at radius 2 is 2.04 bits per heavy atom. The number of rotatable bonds is 7. The Morgan fingerprint density at radius 3 is 2.74 bits per heavy atom. The van der Waals surface area contributed by atoms with Crippen LogP contribution in [0.15, 0.2) is 47.9 Å². The number of benzene rings is 1. The van der Waals surface area contributed by atoms with Gasteiger partial charge in [-0.25, -0.2) is 0 Å². The minimum absolute atomic E-state index is 0.184. The molecule has 3 aromatic rings. The number of ether oxygens (including phenoxy) is 1. The lowest BCUT2D eigenvalue weighted by Crippen LogP contribution is -2.15. The summed E-state index contributed by atoms with van der Waals surface area (Å²) in [6, 6.07) is 8.82. The molecule has 0 aliphatic heterocycles. The summed E-state index contributed by atoms with van der Waals surface area (Å²) in [5, 5.41) is 12.5. The Hall–Kier alpha value is -2.58. The largest absolute Gasteiger partial charge is 0.495 e. The first-order valence-electron chi connectivity index (χ1n) is 8.22. The van der Waals surface area contributed by atoms with Gasteiger partial charge >= 0.3 is 0 Å². The molecule has 0 spiro atoms. The van der Waals surface area contributed by atoms with E-state index in [9.17, 15) is 4.79 Å². The fourth-order valence-electron chi connectivity index (χ4n) is 2.49. The smallest absolute Gasteiger partial charge is 0.234 e. The number of thioether (sulfide) groups is 1. The summed E-state index contributed by atoms with van der Waals surface area (Å²) in [5.74, 6) is 1.30. The number of anilines is 1. The van der Waals surface area contributed by atoms with Gasteiger partial charge in [-0.2, -0.15) is 0 Å². The second kappa shape index (κ2) is 8.88. The average Bonchev–Trinajstić information content (AvgIpc) is 3.10. The first-order chi connectivity index (χ1) is 13.1. The zero-order valence-electron chi connectivity index (χ0n) is 14.8. The van der Waals surface area contributed by atoms with Gasteiger partial charge in [0.15, 0.2) is 11.0 Å². The molecule has 0 aliphatic carbocycles. The molecule has 3 rings (SSSR count). The lowest BCUT2D eigenvalue weighted by Gasteiger charge is -2.11. The van der Waals surface area contributed by atoms with E-state index in [1.54, 1.807) is 30.6 Å². The van der Waals surface area contributed by atoms with E-state index in [2.05, 4.69) is 20.5 Å². The molecule has 7 nitrogen and oxygen atoms in total. The van der Waals surface area contributed by atoms with Gasteiger partial charge in [-0.3, -0.25) is 9.78 Å². The number of hydrogen-bond donors (Lipinski definition) is 1. The second-order valence-electron chi connectivity index (χ2n) is 5.47. The van der Waals surface area contributed by atoms with Crippen LogP contribution in [0, 0.1) is 0 Å². The van der Waals surface area contributed by atoms with Crippen LogP contribution in [0.4, 0.5) is 5.69 Å². The highest BCUT2D eigenvalue weighted by Crippen LogP contribution is 2.28. The Morgan fingerprint density at radius 1 is 1.26 bits per heavy atom. The van der Waals surface area contributed by atoms with E-state index in [0.29, 0.717) is 28.2 Å². The maximum absolute atomic E-state index is 12.3. The Bertz CT molecular complexity index is 933. The standard InChI is InChI=1S/C18H18ClN5O2S/c1-3-24-17(12-6-8-20-9-7-12)22-23-18(24)27-11-16(25)21-14-10-13(19)4-5-15(14)26-2/h4-10H,3,11H2,1-2H3,(H,21,25). The third kappa shape index (κ3) is 4.58. The van der Waals surface area contributed by atoms with Crippen molar-refractivity contribution in [2.45, 2.75) is 18.6 Å². The van der Waals surface area contributed by atoms with Crippen molar-refractivity contribution in [3.05, 3.63) is 47.7 Å². The van der Waals surface area contributed by atoms with Gasteiger partial charge in [-0.1, -0.05) is 23.4 Å². The molecule has 0 radical (unpaired) electrons. The maximum Gasteiger partial charge on any atom is 0.234 e. The molecule has 1 aromatic carbocycles. The van der Waals surface area contributed by atoms with Crippen LogP contribution in [-0.2, 0) is 11.3 Å². The number of halogens is 1. The molecule has 140 valence electrons. The van der Waals surface area contributed by atoms with Crippen LogP contribution in [0.5, 0.6) is 5.75 Å². The monoisotopic (exact) mass is 403 g/mol. The Kier molecular flexibility index (Phi) is 6.31. The molecule has 1 N–H and O–H groups in total. The van der Waals surface area contributed by atoms with Crippen LogP contribution < -0.4 is 10.1 Å². The average molecular weight is 404 g/mol. The van der Waals surface area contributed by atoms with Gasteiger partial charge in [-0.05, 0) is 37.3 Å². The van der Waals surface area contributed by atoms with E-state index in [1.165, 1.54) is 18.9 Å². The van der Waals surface area contributed by atoms with Crippen molar-refractivity contribution in [1.29, 1.82) is 0 Å². The van der Waals surface area contributed by atoms with Crippen molar-refractivity contribution >= 4 is 35.0 Å². The minimum Gasteiger partial charge on any atom is -0.495 e. The third-order valence-corrected chi connectivity index (χ3v) is 4.94. The maximum atomic E-state index is 12.3. The van der Waals surface area contributed by atoms with Crippen LogP contribution in [0.2, 0.25) is 5.02 Å². The number of aromatic nitrogens is 4. The quantitative estimate of drug-likeness (QED) is 0.605. The fraction of sp³-hybridized carbons (Fsp3) is 0.222. The SMILES string of the molecule is CCn1c(SCC(=O)Nc2cc(Cl)ccc2OC)nnc1-c1ccncc1. The van der Waals surface area contributed by atoms with Gasteiger partial charge in [0.05, 0.1) is 18.6 Å². The number of pyridine rings is 1. The molecule has 0 saturated heterocycles. The van der Waals surface area contributed by atoms with Crippen LogP contribution in [0.25, 0.3) is 11.4 Å². The van der Waals surface area contributed by atoms with Crippen molar-refractivity contribution in [1.82, 2.24) is 19.7 Å². The number of carbonyl (C=O) groups excluding carboxylic acids is 1. The first-order valence-corrected chi connectivity index (χ1v) is 9.58. The van der Waals surface area contributed by atoms with Crippen LogP contribution in [-0.4, -0.2) is 38.5 Å². The summed E-state index contributed by atoms with van der Waals surface area (Å²) in [6.45, 7) is 2.70. The van der Waals surface area contributed by atoms with Crippen molar-refractivity contribution in [3.63, 3.8) is 0 Å². The third-order valence-electron chi connectivity index (χ3n) is 3.74. The molecule has 0 unspecified atom stereocenters. The summed E-state index contributed by atoms with van der Waals surface area (Å²) in [5.41, 5.74) is 1.46. The lowest BCUT2D eigenvalue weighted by molar-refractivity contribution is -0.113. The van der Waals surface area contributed by atoms with E-state index in [4.69, 9.17) is 16.3 Å². The van der Waals surface area contributed by atoms with Crippen LogP contribution >= 0.6 is 23.4 Å². The number of methoxy groups -OCH3 is 1. The predicted molar refractivity (Wildman–Crippen MR) is 106 cm³/mol. The minimum atomic E-state index is -0.184. The van der Waals surface area contributed by atoms with E-state index < -0.39 is 0 Å². The number of hydrogen-bond acceptors (Lipinski definition) is 6. The summed E-state index contributed by atoms with van der Waals surface area (Å²) in [6.07, 6.45) is 3.42. The van der Waals surface area contributed by atoms with Gasteiger partial charge in [-0.15, -0.1) is 10.2 Å². The molecule has 2 aromatic heterocycles.